The smallest absolute Gasteiger partial charge is 0.291 e. The second-order valence-electron chi connectivity index (χ2n) is 8.13. The molecule has 6 nitrogen and oxygen atoms in total. The fourth-order valence-electron chi connectivity index (χ4n) is 3.92. The molecular formula is C24H26N4O2. The van der Waals surface area contributed by atoms with Crippen LogP contribution in [0, 0.1) is 13.8 Å². The number of fused-ring (bicyclic) bond motifs is 3. The first-order valence-corrected chi connectivity index (χ1v) is 10.2. The zero-order valence-corrected chi connectivity index (χ0v) is 17.8. The highest BCUT2D eigenvalue weighted by Crippen LogP contribution is 2.27. The van der Waals surface area contributed by atoms with Gasteiger partial charge in [0.25, 0.3) is 5.56 Å². The van der Waals surface area contributed by atoms with E-state index in [1.807, 2.05) is 42.7 Å². The first-order chi connectivity index (χ1) is 14.3. The van der Waals surface area contributed by atoms with Gasteiger partial charge < -0.3 is 9.88 Å². The lowest BCUT2D eigenvalue weighted by Crippen LogP contribution is -2.37. The molecule has 2 heterocycles. The van der Waals surface area contributed by atoms with Gasteiger partial charge in [-0.2, -0.15) is 5.10 Å². The van der Waals surface area contributed by atoms with Gasteiger partial charge in [-0.25, -0.2) is 4.68 Å². The van der Waals surface area contributed by atoms with Crippen LogP contribution in [0.2, 0.25) is 0 Å². The molecule has 0 radical (unpaired) electrons. The fourth-order valence-corrected chi connectivity index (χ4v) is 3.92. The van der Waals surface area contributed by atoms with E-state index in [0.717, 1.165) is 21.9 Å². The number of aromatic nitrogens is 3. The lowest BCUT2D eigenvalue weighted by atomic mass is 10.1. The van der Waals surface area contributed by atoms with Gasteiger partial charge in [0.2, 0.25) is 5.91 Å². The molecule has 0 atom stereocenters. The summed E-state index contributed by atoms with van der Waals surface area (Å²) in [6.07, 6.45) is 1.70. The monoisotopic (exact) mass is 402 g/mol. The molecule has 30 heavy (non-hydrogen) atoms. The van der Waals surface area contributed by atoms with E-state index in [1.165, 1.54) is 15.8 Å². The van der Waals surface area contributed by atoms with Crippen molar-refractivity contribution in [2.45, 2.75) is 46.8 Å². The van der Waals surface area contributed by atoms with Gasteiger partial charge in [0.05, 0.1) is 6.20 Å². The number of nitrogens with zero attached hydrogens (tertiary/aromatic N) is 3. The van der Waals surface area contributed by atoms with E-state index in [-0.39, 0.29) is 24.1 Å². The maximum atomic E-state index is 13.4. The largest absolute Gasteiger partial charge is 0.352 e. The number of para-hydroxylation sites is 1. The van der Waals surface area contributed by atoms with Crippen LogP contribution >= 0.6 is 0 Å². The second kappa shape index (κ2) is 7.78. The van der Waals surface area contributed by atoms with E-state index in [0.29, 0.717) is 12.1 Å². The second-order valence-corrected chi connectivity index (χ2v) is 8.13. The zero-order valence-electron chi connectivity index (χ0n) is 17.8. The summed E-state index contributed by atoms with van der Waals surface area (Å²) in [5.74, 6) is -0.226. The van der Waals surface area contributed by atoms with Crippen LogP contribution in [0.1, 0.15) is 30.5 Å². The van der Waals surface area contributed by atoms with Crippen molar-refractivity contribution in [1.29, 1.82) is 0 Å². The van der Waals surface area contributed by atoms with Crippen molar-refractivity contribution in [2.24, 2.45) is 0 Å². The fraction of sp³-hybridized carbons (Fsp3) is 0.292. The summed E-state index contributed by atoms with van der Waals surface area (Å²) >= 11 is 0. The number of carbonyl (C=O) groups excluding carboxylic acids is 1. The minimum Gasteiger partial charge on any atom is -0.352 e. The number of nitrogens with one attached hydrogen (secondary N) is 1. The van der Waals surface area contributed by atoms with Crippen molar-refractivity contribution in [2.75, 3.05) is 0 Å². The summed E-state index contributed by atoms with van der Waals surface area (Å²) in [7, 11) is 0. The Bertz CT molecular complexity index is 1310. The van der Waals surface area contributed by atoms with Gasteiger partial charge >= 0.3 is 0 Å². The van der Waals surface area contributed by atoms with Gasteiger partial charge in [0.1, 0.15) is 12.1 Å². The number of hydrogen-bond donors (Lipinski definition) is 1. The predicted molar refractivity (Wildman–Crippen MR) is 120 cm³/mol. The topological polar surface area (TPSA) is 68.9 Å². The lowest BCUT2D eigenvalue weighted by Gasteiger charge is -2.12. The molecule has 0 unspecified atom stereocenters. The molecule has 0 bridgehead atoms. The Morgan fingerprint density at radius 1 is 1.10 bits per heavy atom. The number of hydrogen-bond acceptors (Lipinski definition) is 3. The molecule has 0 spiro atoms. The molecule has 1 amide bonds. The third-order valence-corrected chi connectivity index (χ3v) is 5.35. The Balaban J connectivity index is 1.90. The van der Waals surface area contributed by atoms with Crippen molar-refractivity contribution < 1.29 is 4.79 Å². The average molecular weight is 402 g/mol. The summed E-state index contributed by atoms with van der Waals surface area (Å²) in [4.78, 5) is 25.6. The molecule has 0 fully saturated rings. The molecule has 4 aromatic rings. The summed E-state index contributed by atoms with van der Waals surface area (Å²) in [6.45, 7) is 8.41. The first-order valence-electron chi connectivity index (χ1n) is 10.2. The van der Waals surface area contributed by atoms with Crippen LogP contribution < -0.4 is 10.9 Å². The van der Waals surface area contributed by atoms with Crippen LogP contribution in [0.15, 0.2) is 53.5 Å². The third kappa shape index (κ3) is 3.61. The standard InChI is InChI=1S/C24H26N4O2/c1-15(2)26-22(29)14-28-24(30)23-20(12-25-28)19-7-5-6-8-21(19)27(23)13-18-11-16(3)9-10-17(18)4/h5-12,15H,13-14H2,1-4H3,(H,26,29). The number of carbonyl (C=O) groups is 1. The minimum atomic E-state index is -0.257. The van der Waals surface area contributed by atoms with E-state index < -0.39 is 0 Å². The van der Waals surface area contributed by atoms with E-state index in [2.05, 4.69) is 42.5 Å². The highest BCUT2D eigenvalue weighted by molar-refractivity contribution is 6.07. The highest BCUT2D eigenvalue weighted by Gasteiger charge is 2.18. The van der Waals surface area contributed by atoms with Crippen molar-refractivity contribution in [3.05, 3.63) is 75.7 Å². The normalized spacial score (nSPS) is 11.5. The molecule has 0 aliphatic carbocycles. The van der Waals surface area contributed by atoms with Crippen molar-refractivity contribution >= 4 is 27.7 Å². The molecule has 154 valence electrons. The Labute approximate surface area is 175 Å². The molecule has 0 aliphatic rings. The summed E-state index contributed by atoms with van der Waals surface area (Å²) < 4.78 is 3.30. The van der Waals surface area contributed by atoms with Crippen LogP contribution in [-0.2, 0) is 17.9 Å². The van der Waals surface area contributed by atoms with Gasteiger partial charge in [0, 0.05) is 28.9 Å². The first kappa shape index (κ1) is 19.9. The Kier molecular flexibility index (Phi) is 5.16. The van der Waals surface area contributed by atoms with Crippen molar-refractivity contribution in [3.8, 4) is 0 Å². The maximum absolute atomic E-state index is 13.4. The molecule has 0 saturated carbocycles. The third-order valence-electron chi connectivity index (χ3n) is 5.35. The number of benzene rings is 2. The lowest BCUT2D eigenvalue weighted by molar-refractivity contribution is -0.122. The summed E-state index contributed by atoms with van der Waals surface area (Å²) in [5.41, 5.74) is 4.82. The van der Waals surface area contributed by atoms with Crippen molar-refractivity contribution in [3.63, 3.8) is 0 Å². The zero-order chi connectivity index (χ0) is 21.4. The molecule has 0 aliphatic heterocycles. The minimum absolute atomic E-state index is 0.00711. The van der Waals surface area contributed by atoms with Crippen LogP contribution in [0.5, 0.6) is 0 Å². The van der Waals surface area contributed by atoms with E-state index in [9.17, 15) is 9.59 Å². The quantitative estimate of drug-likeness (QED) is 0.555. The Morgan fingerprint density at radius 3 is 2.63 bits per heavy atom. The highest BCUT2D eigenvalue weighted by atomic mass is 16.2. The number of aryl methyl sites for hydroxylation is 2. The van der Waals surface area contributed by atoms with Crippen LogP contribution in [-0.4, -0.2) is 26.3 Å². The van der Waals surface area contributed by atoms with Gasteiger partial charge in [-0.05, 0) is 44.9 Å². The molecule has 4 rings (SSSR count). The van der Waals surface area contributed by atoms with Crippen LogP contribution in [0.3, 0.4) is 0 Å². The molecule has 6 heteroatoms. The summed E-state index contributed by atoms with van der Waals surface area (Å²) in [5, 5.41) is 8.90. The average Bonchev–Trinajstić information content (AvgIpc) is 3.01. The van der Waals surface area contributed by atoms with E-state index in [4.69, 9.17) is 0 Å². The van der Waals surface area contributed by atoms with Crippen LogP contribution in [0.25, 0.3) is 21.8 Å². The Morgan fingerprint density at radius 2 is 1.87 bits per heavy atom. The molecule has 2 aromatic heterocycles. The molecule has 1 N–H and O–H groups in total. The van der Waals surface area contributed by atoms with E-state index in [1.54, 1.807) is 6.20 Å². The molecule has 0 saturated heterocycles. The molecular weight excluding hydrogens is 376 g/mol. The van der Waals surface area contributed by atoms with E-state index >= 15 is 0 Å². The number of rotatable bonds is 5. The van der Waals surface area contributed by atoms with Gasteiger partial charge in [0.15, 0.2) is 0 Å². The van der Waals surface area contributed by atoms with Gasteiger partial charge in [-0.15, -0.1) is 0 Å². The number of amides is 1. The maximum Gasteiger partial charge on any atom is 0.291 e. The summed E-state index contributed by atoms with van der Waals surface area (Å²) in [6, 6.07) is 14.3. The van der Waals surface area contributed by atoms with Gasteiger partial charge in [-0.1, -0.05) is 42.0 Å². The van der Waals surface area contributed by atoms with Crippen LogP contribution in [0.4, 0.5) is 0 Å². The SMILES string of the molecule is Cc1ccc(C)c(Cn2c3ccccc3c3cnn(CC(=O)NC(C)C)c(=O)c32)c1. The predicted octanol–water partition coefficient (Wildman–Crippen LogP) is 3.54. The Hall–Kier alpha value is -3.41. The molecule has 2 aromatic carbocycles. The van der Waals surface area contributed by atoms with Crippen molar-refractivity contribution in [1.82, 2.24) is 19.7 Å². The van der Waals surface area contributed by atoms with Gasteiger partial charge in [-0.3, -0.25) is 9.59 Å².